The molecule has 0 aliphatic rings. The number of unbranched alkanes of at least 4 members (excludes halogenated alkanes) is 1. The predicted molar refractivity (Wildman–Crippen MR) is 48.9 cm³/mol. The first-order valence-corrected chi connectivity index (χ1v) is 4.57. The van der Waals surface area contributed by atoms with E-state index in [2.05, 4.69) is 19.2 Å². The average Bonchev–Trinajstić information content (AvgIpc) is 2.03. The maximum Gasteiger partial charge on any atom is 0.0615 e. The third kappa shape index (κ3) is 6.32. The standard InChI is InChI=1S/C9H21NO/c1-4-6-7-10-9(5-2)8-11-3/h9-10H,4-8H2,1-3H3. The van der Waals surface area contributed by atoms with Gasteiger partial charge in [-0.3, -0.25) is 0 Å². The van der Waals surface area contributed by atoms with Crippen LogP contribution in [0, 0.1) is 0 Å². The van der Waals surface area contributed by atoms with Crippen LogP contribution in [0.4, 0.5) is 0 Å². The summed E-state index contributed by atoms with van der Waals surface area (Å²) < 4.78 is 5.06. The molecule has 0 aromatic rings. The lowest BCUT2D eigenvalue weighted by Gasteiger charge is -2.14. The van der Waals surface area contributed by atoms with Gasteiger partial charge in [-0.25, -0.2) is 0 Å². The molecule has 1 atom stereocenters. The molecule has 0 aliphatic carbocycles. The molecular formula is C9H21NO. The SMILES string of the molecule is CCCCNC(CC)COC. The summed E-state index contributed by atoms with van der Waals surface area (Å²) in [5, 5.41) is 3.45. The van der Waals surface area contributed by atoms with E-state index in [1.54, 1.807) is 7.11 Å². The van der Waals surface area contributed by atoms with E-state index in [0.29, 0.717) is 6.04 Å². The van der Waals surface area contributed by atoms with Gasteiger partial charge in [0.2, 0.25) is 0 Å². The van der Waals surface area contributed by atoms with Crippen molar-refractivity contribution in [2.75, 3.05) is 20.3 Å². The number of hydrogen-bond acceptors (Lipinski definition) is 2. The number of nitrogens with one attached hydrogen (secondary N) is 1. The number of hydrogen-bond donors (Lipinski definition) is 1. The van der Waals surface area contributed by atoms with Crippen molar-refractivity contribution in [2.45, 2.75) is 39.2 Å². The van der Waals surface area contributed by atoms with E-state index in [1.807, 2.05) is 0 Å². The van der Waals surface area contributed by atoms with Gasteiger partial charge in [0.15, 0.2) is 0 Å². The van der Waals surface area contributed by atoms with Gasteiger partial charge in [-0.2, -0.15) is 0 Å². The van der Waals surface area contributed by atoms with Crippen molar-refractivity contribution in [1.29, 1.82) is 0 Å². The molecule has 0 rings (SSSR count). The van der Waals surface area contributed by atoms with Crippen LogP contribution < -0.4 is 5.32 Å². The zero-order chi connectivity index (χ0) is 8.53. The third-order valence-electron chi connectivity index (χ3n) is 1.82. The fourth-order valence-electron chi connectivity index (χ4n) is 1.01. The zero-order valence-electron chi connectivity index (χ0n) is 8.02. The Balaban J connectivity index is 3.20. The van der Waals surface area contributed by atoms with Crippen LogP contribution >= 0.6 is 0 Å². The molecule has 68 valence electrons. The molecule has 1 unspecified atom stereocenters. The molecule has 0 saturated heterocycles. The lowest BCUT2D eigenvalue weighted by Crippen LogP contribution is -2.33. The Morgan fingerprint density at radius 2 is 2.09 bits per heavy atom. The van der Waals surface area contributed by atoms with Crippen LogP contribution in [0.2, 0.25) is 0 Å². The molecule has 2 nitrogen and oxygen atoms in total. The fourth-order valence-corrected chi connectivity index (χ4v) is 1.01. The highest BCUT2D eigenvalue weighted by Crippen LogP contribution is 1.92. The van der Waals surface area contributed by atoms with Gasteiger partial charge in [0.1, 0.15) is 0 Å². The normalized spacial score (nSPS) is 13.4. The van der Waals surface area contributed by atoms with E-state index < -0.39 is 0 Å². The Hall–Kier alpha value is -0.0800. The second kappa shape index (κ2) is 8.02. The zero-order valence-corrected chi connectivity index (χ0v) is 8.02. The van der Waals surface area contributed by atoms with Gasteiger partial charge in [-0.15, -0.1) is 0 Å². The molecule has 0 fully saturated rings. The molecule has 11 heavy (non-hydrogen) atoms. The summed E-state index contributed by atoms with van der Waals surface area (Å²) in [5.74, 6) is 0. The Kier molecular flexibility index (Phi) is 7.96. The van der Waals surface area contributed by atoms with Gasteiger partial charge in [-0.1, -0.05) is 20.3 Å². The molecule has 0 aromatic heterocycles. The van der Waals surface area contributed by atoms with Gasteiger partial charge in [0, 0.05) is 13.2 Å². The summed E-state index contributed by atoms with van der Waals surface area (Å²) in [4.78, 5) is 0. The first kappa shape index (κ1) is 10.9. The molecule has 0 radical (unpaired) electrons. The Morgan fingerprint density at radius 3 is 2.55 bits per heavy atom. The molecule has 0 aromatic carbocycles. The lowest BCUT2D eigenvalue weighted by atomic mass is 10.2. The minimum Gasteiger partial charge on any atom is -0.383 e. The van der Waals surface area contributed by atoms with E-state index in [9.17, 15) is 0 Å². The molecule has 1 N–H and O–H groups in total. The molecule has 0 heterocycles. The van der Waals surface area contributed by atoms with Crippen LogP contribution in [-0.2, 0) is 4.74 Å². The monoisotopic (exact) mass is 159 g/mol. The Labute approximate surface area is 70.3 Å². The van der Waals surface area contributed by atoms with Crippen LogP contribution in [0.3, 0.4) is 0 Å². The molecule has 0 bridgehead atoms. The largest absolute Gasteiger partial charge is 0.383 e. The van der Waals surface area contributed by atoms with Crippen LogP contribution in [0.1, 0.15) is 33.1 Å². The summed E-state index contributed by atoms with van der Waals surface area (Å²) in [6, 6.07) is 0.548. The average molecular weight is 159 g/mol. The van der Waals surface area contributed by atoms with Crippen molar-refractivity contribution in [3.05, 3.63) is 0 Å². The summed E-state index contributed by atoms with van der Waals surface area (Å²) in [5.41, 5.74) is 0. The van der Waals surface area contributed by atoms with E-state index in [0.717, 1.165) is 19.6 Å². The summed E-state index contributed by atoms with van der Waals surface area (Å²) in [6.07, 6.45) is 3.67. The topological polar surface area (TPSA) is 21.3 Å². The second-order valence-corrected chi connectivity index (χ2v) is 2.87. The predicted octanol–water partition coefficient (Wildman–Crippen LogP) is 1.80. The van der Waals surface area contributed by atoms with Crippen molar-refractivity contribution in [2.24, 2.45) is 0 Å². The van der Waals surface area contributed by atoms with Gasteiger partial charge < -0.3 is 10.1 Å². The van der Waals surface area contributed by atoms with Crippen LogP contribution in [0.5, 0.6) is 0 Å². The number of rotatable bonds is 7. The van der Waals surface area contributed by atoms with E-state index in [1.165, 1.54) is 12.8 Å². The smallest absolute Gasteiger partial charge is 0.0615 e. The molecule has 0 saturated carbocycles. The lowest BCUT2D eigenvalue weighted by molar-refractivity contribution is 0.164. The second-order valence-electron chi connectivity index (χ2n) is 2.87. The molecule has 2 heteroatoms. The van der Waals surface area contributed by atoms with Crippen molar-refractivity contribution in [3.63, 3.8) is 0 Å². The summed E-state index contributed by atoms with van der Waals surface area (Å²) >= 11 is 0. The van der Waals surface area contributed by atoms with Crippen LogP contribution in [0.15, 0.2) is 0 Å². The van der Waals surface area contributed by atoms with E-state index >= 15 is 0 Å². The maximum atomic E-state index is 5.06. The quantitative estimate of drug-likeness (QED) is 0.572. The molecule has 0 aliphatic heterocycles. The number of methoxy groups -OCH3 is 1. The van der Waals surface area contributed by atoms with Gasteiger partial charge >= 0.3 is 0 Å². The van der Waals surface area contributed by atoms with Crippen molar-refractivity contribution in [1.82, 2.24) is 5.32 Å². The van der Waals surface area contributed by atoms with Gasteiger partial charge in [0.25, 0.3) is 0 Å². The maximum absolute atomic E-state index is 5.06. The van der Waals surface area contributed by atoms with Gasteiger partial charge in [-0.05, 0) is 19.4 Å². The van der Waals surface area contributed by atoms with Gasteiger partial charge in [0.05, 0.1) is 6.61 Å². The third-order valence-corrected chi connectivity index (χ3v) is 1.82. The summed E-state index contributed by atoms with van der Waals surface area (Å²) in [6.45, 7) is 6.35. The Morgan fingerprint density at radius 1 is 1.36 bits per heavy atom. The Bertz CT molecular complexity index is 76.0. The van der Waals surface area contributed by atoms with E-state index in [4.69, 9.17) is 4.74 Å². The minimum atomic E-state index is 0.548. The van der Waals surface area contributed by atoms with Crippen LogP contribution in [0.25, 0.3) is 0 Å². The summed E-state index contributed by atoms with van der Waals surface area (Å²) in [7, 11) is 1.75. The van der Waals surface area contributed by atoms with E-state index in [-0.39, 0.29) is 0 Å². The molecule has 0 spiro atoms. The molecule has 0 amide bonds. The first-order valence-electron chi connectivity index (χ1n) is 4.57. The highest BCUT2D eigenvalue weighted by atomic mass is 16.5. The fraction of sp³-hybridized carbons (Fsp3) is 1.00. The molecular weight excluding hydrogens is 138 g/mol. The van der Waals surface area contributed by atoms with Crippen molar-refractivity contribution < 1.29 is 4.74 Å². The highest BCUT2D eigenvalue weighted by molar-refractivity contribution is 4.62. The highest BCUT2D eigenvalue weighted by Gasteiger charge is 2.02. The minimum absolute atomic E-state index is 0.548. The van der Waals surface area contributed by atoms with Crippen LogP contribution in [-0.4, -0.2) is 26.3 Å². The van der Waals surface area contributed by atoms with Crippen molar-refractivity contribution >= 4 is 0 Å². The van der Waals surface area contributed by atoms with Crippen molar-refractivity contribution in [3.8, 4) is 0 Å². The number of ether oxygens (including phenoxy) is 1. The first-order chi connectivity index (χ1) is 5.35.